The quantitative estimate of drug-likeness (QED) is 0.164. The fraction of sp³-hybridized carbons (Fsp3) is 0. The molecule has 0 saturated carbocycles. The number of carbonyl (C=O) groups excluding carboxylic acids is 1. The third kappa shape index (κ3) is 4.94. The van der Waals surface area contributed by atoms with Crippen LogP contribution in [0, 0.1) is 0 Å². The number of thiophene rings is 1. The Hall–Kier alpha value is -6.69. The fourth-order valence-electron chi connectivity index (χ4n) is 7.44. The number of hydrogen-bond acceptors (Lipinski definition) is 4. The summed E-state index contributed by atoms with van der Waals surface area (Å²) in [4.78, 5) is 21.9. The van der Waals surface area contributed by atoms with E-state index in [0.717, 1.165) is 83.1 Å². The SMILES string of the molecule is O=Cc1ccc(-c2ccc3c(c2)c2c(-c4cccc(-c5nc(-c6ccccc6)c6sc7ccccc7c6n5)c4)cccc2n3-c2ccccc2)cc1. The number of para-hydroxylation sites is 1. The molecule has 0 spiro atoms. The molecule has 0 fully saturated rings. The molecule has 0 amide bonds. The van der Waals surface area contributed by atoms with E-state index in [1.165, 1.54) is 10.1 Å². The van der Waals surface area contributed by atoms with Crippen LogP contribution >= 0.6 is 11.3 Å². The zero-order valence-corrected chi connectivity index (χ0v) is 28.7. The minimum absolute atomic E-state index is 0.666. The fourth-order valence-corrected chi connectivity index (χ4v) is 8.59. The van der Waals surface area contributed by atoms with Crippen molar-refractivity contribution in [2.45, 2.75) is 0 Å². The van der Waals surface area contributed by atoms with Gasteiger partial charge in [-0.15, -0.1) is 11.3 Å². The van der Waals surface area contributed by atoms with Crippen LogP contribution in [-0.4, -0.2) is 20.8 Å². The van der Waals surface area contributed by atoms with Gasteiger partial charge in [-0.05, 0) is 64.7 Å². The highest BCUT2D eigenvalue weighted by Crippen LogP contribution is 2.42. The minimum atomic E-state index is 0.666. The van der Waals surface area contributed by atoms with Crippen molar-refractivity contribution in [2.24, 2.45) is 0 Å². The van der Waals surface area contributed by atoms with Gasteiger partial charge in [-0.25, -0.2) is 9.97 Å². The van der Waals surface area contributed by atoms with E-state index in [9.17, 15) is 4.79 Å². The second-order valence-electron chi connectivity index (χ2n) is 13.0. The van der Waals surface area contributed by atoms with Gasteiger partial charge in [-0.1, -0.05) is 127 Å². The Bertz CT molecular complexity index is 2960. The molecule has 10 rings (SSSR count). The zero-order chi connectivity index (χ0) is 34.6. The second kappa shape index (κ2) is 12.3. The molecule has 10 aromatic rings. The van der Waals surface area contributed by atoms with Gasteiger partial charge in [0.15, 0.2) is 5.82 Å². The van der Waals surface area contributed by atoms with Crippen LogP contribution in [0.1, 0.15) is 10.4 Å². The summed E-state index contributed by atoms with van der Waals surface area (Å²) in [6, 6.07) is 59.1. The monoisotopic (exact) mass is 683 g/mol. The molecular formula is C47H29N3OS. The van der Waals surface area contributed by atoms with Gasteiger partial charge >= 0.3 is 0 Å². The highest BCUT2D eigenvalue weighted by Gasteiger charge is 2.19. The average molecular weight is 684 g/mol. The number of fused-ring (bicyclic) bond motifs is 6. The third-order valence-corrected chi connectivity index (χ3v) is 11.1. The predicted molar refractivity (Wildman–Crippen MR) is 216 cm³/mol. The summed E-state index contributed by atoms with van der Waals surface area (Å²) in [5.41, 5.74) is 12.4. The van der Waals surface area contributed by atoms with Crippen molar-refractivity contribution >= 4 is 59.7 Å². The van der Waals surface area contributed by atoms with E-state index in [-0.39, 0.29) is 0 Å². The summed E-state index contributed by atoms with van der Waals surface area (Å²) in [6.45, 7) is 0. The first kappa shape index (κ1) is 30.2. The highest BCUT2D eigenvalue weighted by atomic mass is 32.1. The lowest BCUT2D eigenvalue weighted by atomic mass is 9.96. The lowest BCUT2D eigenvalue weighted by Gasteiger charge is -2.10. The van der Waals surface area contributed by atoms with E-state index in [4.69, 9.17) is 9.97 Å². The maximum Gasteiger partial charge on any atom is 0.160 e. The zero-order valence-electron chi connectivity index (χ0n) is 27.9. The minimum Gasteiger partial charge on any atom is -0.309 e. The maximum absolute atomic E-state index is 11.4. The Kier molecular flexibility index (Phi) is 7.12. The molecule has 0 atom stereocenters. The molecular weight excluding hydrogens is 655 g/mol. The molecule has 5 heteroatoms. The van der Waals surface area contributed by atoms with E-state index in [1.807, 2.05) is 30.3 Å². The number of aldehydes is 1. The van der Waals surface area contributed by atoms with Gasteiger partial charge in [-0.2, -0.15) is 0 Å². The summed E-state index contributed by atoms with van der Waals surface area (Å²) in [7, 11) is 0. The van der Waals surface area contributed by atoms with Crippen molar-refractivity contribution in [1.29, 1.82) is 0 Å². The van der Waals surface area contributed by atoms with Gasteiger partial charge in [0.05, 0.1) is 26.9 Å². The van der Waals surface area contributed by atoms with Crippen LogP contribution in [0.3, 0.4) is 0 Å². The van der Waals surface area contributed by atoms with Crippen LogP contribution in [-0.2, 0) is 0 Å². The maximum atomic E-state index is 11.4. The van der Waals surface area contributed by atoms with Gasteiger partial charge in [0.2, 0.25) is 0 Å². The smallest absolute Gasteiger partial charge is 0.160 e. The van der Waals surface area contributed by atoms with Gasteiger partial charge in [0.25, 0.3) is 0 Å². The highest BCUT2D eigenvalue weighted by molar-refractivity contribution is 7.26. The van der Waals surface area contributed by atoms with Crippen molar-refractivity contribution in [2.75, 3.05) is 0 Å². The molecule has 4 nitrogen and oxygen atoms in total. The predicted octanol–water partition coefficient (Wildman–Crippen LogP) is 12.4. The molecule has 0 aliphatic rings. The lowest BCUT2D eigenvalue weighted by molar-refractivity contribution is 0.112. The van der Waals surface area contributed by atoms with E-state index >= 15 is 0 Å². The number of nitrogens with zero attached hydrogens (tertiary/aromatic N) is 3. The number of carbonyl (C=O) groups is 1. The normalized spacial score (nSPS) is 11.5. The molecule has 0 saturated heterocycles. The van der Waals surface area contributed by atoms with E-state index < -0.39 is 0 Å². The van der Waals surface area contributed by atoms with E-state index in [2.05, 4.69) is 144 Å². The third-order valence-electron chi connectivity index (χ3n) is 9.88. The molecule has 7 aromatic carbocycles. The molecule has 244 valence electrons. The summed E-state index contributed by atoms with van der Waals surface area (Å²) >= 11 is 1.75. The molecule has 0 radical (unpaired) electrons. The Morgan fingerprint density at radius 2 is 1.23 bits per heavy atom. The summed E-state index contributed by atoms with van der Waals surface area (Å²) < 4.78 is 4.65. The topological polar surface area (TPSA) is 47.8 Å². The Labute approximate surface area is 303 Å². The van der Waals surface area contributed by atoms with E-state index in [0.29, 0.717) is 11.4 Å². The molecule has 0 N–H and O–H groups in total. The van der Waals surface area contributed by atoms with Crippen LogP contribution in [0.4, 0.5) is 0 Å². The molecule has 3 heterocycles. The number of hydrogen-bond donors (Lipinski definition) is 0. The van der Waals surface area contributed by atoms with Crippen LogP contribution in [0.25, 0.3) is 92.7 Å². The summed E-state index contributed by atoms with van der Waals surface area (Å²) in [6.07, 6.45) is 0.884. The van der Waals surface area contributed by atoms with Gasteiger partial charge in [0.1, 0.15) is 6.29 Å². The first-order valence-corrected chi connectivity index (χ1v) is 18.1. The van der Waals surface area contributed by atoms with Crippen molar-refractivity contribution in [3.8, 4) is 50.6 Å². The Morgan fingerprint density at radius 1 is 0.519 bits per heavy atom. The van der Waals surface area contributed by atoms with Crippen LogP contribution in [0.5, 0.6) is 0 Å². The molecule has 0 aliphatic carbocycles. The van der Waals surface area contributed by atoms with Crippen molar-refractivity contribution < 1.29 is 4.79 Å². The van der Waals surface area contributed by atoms with Crippen molar-refractivity contribution in [3.05, 3.63) is 175 Å². The summed E-state index contributed by atoms with van der Waals surface area (Å²) in [5.74, 6) is 0.705. The average Bonchev–Trinajstić information content (AvgIpc) is 3.77. The van der Waals surface area contributed by atoms with Crippen LogP contribution in [0.2, 0.25) is 0 Å². The van der Waals surface area contributed by atoms with Crippen LogP contribution < -0.4 is 0 Å². The Morgan fingerprint density at radius 3 is 2.06 bits per heavy atom. The molecule has 0 unspecified atom stereocenters. The number of aromatic nitrogens is 3. The first-order chi connectivity index (χ1) is 25.7. The van der Waals surface area contributed by atoms with Crippen molar-refractivity contribution in [3.63, 3.8) is 0 Å². The number of benzene rings is 7. The van der Waals surface area contributed by atoms with Crippen molar-refractivity contribution in [1.82, 2.24) is 14.5 Å². The van der Waals surface area contributed by atoms with E-state index in [1.54, 1.807) is 11.3 Å². The largest absolute Gasteiger partial charge is 0.309 e. The van der Waals surface area contributed by atoms with Gasteiger partial charge in [0, 0.05) is 43.2 Å². The molecule has 0 bridgehead atoms. The van der Waals surface area contributed by atoms with Crippen LogP contribution in [0.15, 0.2) is 170 Å². The van der Waals surface area contributed by atoms with Gasteiger partial charge < -0.3 is 4.57 Å². The second-order valence-corrected chi connectivity index (χ2v) is 14.0. The standard InChI is InChI=1S/C47H29N3OS/c51-29-30-21-23-31(24-22-30)33-25-26-40-39(28-33)43-37(18-10-19-41(43)50(40)36-15-5-2-6-16-36)34-13-9-14-35(27-34)47-48-44(32-11-3-1-4-12-32)46-45(49-47)38-17-7-8-20-42(38)52-46/h1-29H. The summed E-state index contributed by atoms with van der Waals surface area (Å²) in [5, 5.41) is 3.48. The van der Waals surface area contributed by atoms with Gasteiger partial charge in [-0.3, -0.25) is 4.79 Å². The molecule has 0 aliphatic heterocycles. The lowest BCUT2D eigenvalue weighted by Crippen LogP contribution is -1.94. The number of rotatable bonds is 6. The first-order valence-electron chi connectivity index (χ1n) is 17.3. The molecule has 3 aromatic heterocycles. The molecule has 52 heavy (non-hydrogen) atoms. The Balaban J connectivity index is 1.20.